The number of hydrogen-bond acceptors (Lipinski definition) is 7. The number of aryl methyl sites for hydroxylation is 1. The van der Waals surface area contributed by atoms with Crippen LogP contribution in [0.4, 0.5) is 30.4 Å². The maximum atomic E-state index is 15.0. The van der Waals surface area contributed by atoms with Crippen molar-refractivity contribution in [1.82, 2.24) is 9.71 Å². The van der Waals surface area contributed by atoms with Gasteiger partial charge in [-0.05, 0) is 60.4 Å². The summed E-state index contributed by atoms with van der Waals surface area (Å²) in [6, 6.07) is 8.71. The Morgan fingerprint density at radius 2 is 1.94 bits per heavy atom. The molecule has 0 fully saturated rings. The molecule has 0 unspecified atom stereocenters. The molecule has 1 heterocycles. The van der Waals surface area contributed by atoms with Crippen molar-refractivity contribution in [1.29, 1.82) is 0 Å². The number of pyridine rings is 1. The number of carbonyl (C=O) groups excluding carboxylic acids is 1. The zero-order valence-electron chi connectivity index (χ0n) is 19.3. The normalized spacial score (nSPS) is 10.9. The standard InChI is InChI=1S/C24H26F3N5O2S/c1-14-4-5-19(18(25)10-14)31-23-17(24(28)33)13-16(21(26)22(23)27)11-15-6-8-29-20(12-15)32-35-30-7-3-9-34-2/h4-6,8,10,12-13,30-31H,3,7,9,11H2,1-2H3,(H2,28,33)(H,29,32). The van der Waals surface area contributed by atoms with Crippen molar-refractivity contribution in [3.63, 3.8) is 0 Å². The first-order valence-electron chi connectivity index (χ1n) is 10.7. The summed E-state index contributed by atoms with van der Waals surface area (Å²) in [4.78, 5) is 16.2. The minimum atomic E-state index is -1.32. The van der Waals surface area contributed by atoms with Crippen LogP contribution < -0.4 is 20.5 Å². The highest BCUT2D eigenvalue weighted by Crippen LogP contribution is 2.31. The zero-order valence-corrected chi connectivity index (χ0v) is 20.1. The molecule has 0 aliphatic heterocycles. The van der Waals surface area contributed by atoms with E-state index in [4.69, 9.17) is 10.5 Å². The largest absolute Gasteiger partial charge is 0.385 e. The highest BCUT2D eigenvalue weighted by molar-refractivity contribution is 7.98. The molecule has 186 valence electrons. The van der Waals surface area contributed by atoms with E-state index in [1.54, 1.807) is 32.2 Å². The van der Waals surface area contributed by atoms with Crippen LogP contribution >= 0.6 is 12.1 Å². The predicted octanol–water partition coefficient (Wildman–Crippen LogP) is 4.84. The Morgan fingerprint density at radius 3 is 2.66 bits per heavy atom. The van der Waals surface area contributed by atoms with E-state index >= 15 is 4.39 Å². The lowest BCUT2D eigenvalue weighted by Crippen LogP contribution is -2.17. The van der Waals surface area contributed by atoms with Crippen LogP contribution in [0, 0.1) is 24.4 Å². The van der Waals surface area contributed by atoms with Crippen LogP contribution in [0.1, 0.15) is 33.5 Å². The third kappa shape index (κ3) is 7.10. The summed E-state index contributed by atoms with van der Waals surface area (Å²) in [5.41, 5.74) is 5.72. The number of ether oxygens (including phenoxy) is 1. The van der Waals surface area contributed by atoms with Gasteiger partial charge in [0.15, 0.2) is 11.6 Å². The van der Waals surface area contributed by atoms with Gasteiger partial charge in [0.05, 0.1) is 16.9 Å². The molecule has 0 saturated carbocycles. The lowest BCUT2D eigenvalue weighted by atomic mass is 10.00. The van der Waals surface area contributed by atoms with E-state index in [9.17, 15) is 13.6 Å². The van der Waals surface area contributed by atoms with Crippen molar-refractivity contribution in [3.8, 4) is 0 Å². The smallest absolute Gasteiger partial charge is 0.250 e. The number of benzene rings is 2. The van der Waals surface area contributed by atoms with Crippen LogP contribution in [-0.4, -0.2) is 31.2 Å². The van der Waals surface area contributed by atoms with Crippen LogP contribution in [0.5, 0.6) is 0 Å². The second-order valence-corrected chi connectivity index (χ2v) is 8.43. The Labute approximate surface area is 205 Å². The third-order valence-electron chi connectivity index (χ3n) is 5.01. The number of rotatable bonds is 12. The molecular weight excluding hydrogens is 479 g/mol. The third-order valence-corrected chi connectivity index (χ3v) is 5.67. The molecule has 3 aromatic rings. The van der Waals surface area contributed by atoms with Crippen LogP contribution in [0.25, 0.3) is 0 Å². The Balaban J connectivity index is 1.80. The number of nitrogens with one attached hydrogen (secondary N) is 3. The van der Waals surface area contributed by atoms with E-state index in [1.165, 1.54) is 36.5 Å². The summed E-state index contributed by atoms with van der Waals surface area (Å²) in [6.45, 7) is 3.05. The Kier molecular flexibility index (Phi) is 9.35. The number of primary amides is 1. The summed E-state index contributed by atoms with van der Waals surface area (Å²) in [5.74, 6) is -3.62. The molecule has 0 bridgehead atoms. The molecule has 0 radical (unpaired) electrons. The van der Waals surface area contributed by atoms with Gasteiger partial charge in [0.1, 0.15) is 11.6 Å². The highest BCUT2D eigenvalue weighted by atomic mass is 32.2. The first-order chi connectivity index (χ1) is 16.8. The van der Waals surface area contributed by atoms with E-state index in [2.05, 4.69) is 19.7 Å². The predicted molar refractivity (Wildman–Crippen MR) is 132 cm³/mol. The molecule has 5 N–H and O–H groups in total. The van der Waals surface area contributed by atoms with Gasteiger partial charge < -0.3 is 20.5 Å². The van der Waals surface area contributed by atoms with Gasteiger partial charge in [0.25, 0.3) is 5.91 Å². The fourth-order valence-corrected chi connectivity index (χ4v) is 3.80. The lowest BCUT2D eigenvalue weighted by molar-refractivity contribution is 0.100. The number of anilines is 3. The Bertz CT molecular complexity index is 1200. The molecule has 0 atom stereocenters. The first-order valence-corrected chi connectivity index (χ1v) is 11.5. The number of methoxy groups -OCH3 is 1. The minimum Gasteiger partial charge on any atom is -0.385 e. The number of nitrogens with zero attached hydrogens (tertiary/aromatic N) is 1. The highest BCUT2D eigenvalue weighted by Gasteiger charge is 2.22. The Hall–Kier alpha value is -3.28. The maximum absolute atomic E-state index is 15.0. The van der Waals surface area contributed by atoms with Gasteiger partial charge >= 0.3 is 0 Å². The average Bonchev–Trinajstić information content (AvgIpc) is 2.82. The molecule has 2 aromatic carbocycles. The van der Waals surface area contributed by atoms with Crippen molar-refractivity contribution in [2.75, 3.05) is 30.3 Å². The van der Waals surface area contributed by atoms with Gasteiger partial charge in [0, 0.05) is 45.0 Å². The SMILES string of the molecule is COCCCNSNc1cc(Cc2cc(C(N)=O)c(Nc3ccc(C)cc3F)c(F)c2F)ccn1. The molecule has 1 amide bonds. The van der Waals surface area contributed by atoms with Crippen molar-refractivity contribution in [2.24, 2.45) is 5.73 Å². The number of nitrogens with two attached hydrogens (primary N) is 1. The quantitative estimate of drug-likeness (QED) is 0.206. The minimum absolute atomic E-state index is 0.0225. The molecule has 0 saturated heterocycles. The number of aromatic nitrogens is 1. The lowest BCUT2D eigenvalue weighted by Gasteiger charge is -2.16. The van der Waals surface area contributed by atoms with Gasteiger partial charge in [-0.1, -0.05) is 6.07 Å². The van der Waals surface area contributed by atoms with Gasteiger partial charge in [-0.15, -0.1) is 0 Å². The number of hydrogen-bond donors (Lipinski definition) is 4. The molecule has 0 aliphatic rings. The average molecular weight is 506 g/mol. The molecule has 0 spiro atoms. The van der Waals surface area contributed by atoms with Crippen LogP contribution in [0.3, 0.4) is 0 Å². The van der Waals surface area contributed by atoms with Crippen LogP contribution in [0.15, 0.2) is 42.6 Å². The monoisotopic (exact) mass is 505 g/mol. The fourth-order valence-electron chi connectivity index (χ4n) is 3.27. The summed E-state index contributed by atoms with van der Waals surface area (Å²) in [5, 5.41) is 2.47. The number of halogens is 3. The van der Waals surface area contributed by atoms with Gasteiger partial charge in [-0.3, -0.25) is 4.79 Å². The molecule has 1 aromatic heterocycles. The van der Waals surface area contributed by atoms with E-state index in [1.807, 2.05) is 0 Å². The maximum Gasteiger partial charge on any atom is 0.250 e. The van der Waals surface area contributed by atoms with E-state index in [0.29, 0.717) is 23.6 Å². The van der Waals surface area contributed by atoms with E-state index in [-0.39, 0.29) is 23.2 Å². The van der Waals surface area contributed by atoms with Crippen molar-refractivity contribution in [2.45, 2.75) is 19.8 Å². The van der Waals surface area contributed by atoms with E-state index in [0.717, 1.165) is 13.0 Å². The molecule has 0 aliphatic carbocycles. The van der Waals surface area contributed by atoms with Gasteiger partial charge in [-0.25, -0.2) is 22.9 Å². The summed E-state index contributed by atoms with van der Waals surface area (Å²) < 4.78 is 55.4. The number of amides is 1. The van der Waals surface area contributed by atoms with E-state index < -0.39 is 29.0 Å². The summed E-state index contributed by atoms with van der Waals surface area (Å²) in [7, 11) is 1.63. The molecule has 11 heteroatoms. The van der Waals surface area contributed by atoms with Crippen molar-refractivity contribution < 1.29 is 22.7 Å². The topological polar surface area (TPSA) is 101 Å². The van der Waals surface area contributed by atoms with Gasteiger partial charge in [-0.2, -0.15) is 0 Å². The van der Waals surface area contributed by atoms with Crippen LogP contribution in [-0.2, 0) is 11.2 Å². The number of carbonyl (C=O) groups is 1. The second-order valence-electron chi connectivity index (χ2n) is 7.73. The fraction of sp³-hybridized carbons (Fsp3) is 0.250. The molecule has 35 heavy (non-hydrogen) atoms. The van der Waals surface area contributed by atoms with Crippen molar-refractivity contribution >= 4 is 35.2 Å². The second kappa shape index (κ2) is 12.4. The molecule has 3 rings (SSSR count). The summed E-state index contributed by atoms with van der Waals surface area (Å²) in [6.07, 6.45) is 2.35. The van der Waals surface area contributed by atoms with Gasteiger partial charge in [0.2, 0.25) is 0 Å². The zero-order chi connectivity index (χ0) is 25.4. The first kappa shape index (κ1) is 26.3. The molecular formula is C24H26F3N5O2S. The summed E-state index contributed by atoms with van der Waals surface area (Å²) >= 11 is 1.24. The van der Waals surface area contributed by atoms with Crippen LogP contribution in [0.2, 0.25) is 0 Å². The Morgan fingerprint density at radius 1 is 1.14 bits per heavy atom. The molecule has 7 nitrogen and oxygen atoms in total. The van der Waals surface area contributed by atoms with Crippen molar-refractivity contribution in [3.05, 3.63) is 82.3 Å².